The maximum Gasteiger partial charge on any atom is 0.307 e. The first kappa shape index (κ1) is 14.6. The number of aliphatic carboxylic acids is 1. The molecule has 0 saturated heterocycles. The molecule has 2 rings (SSSR count). The van der Waals surface area contributed by atoms with Crippen molar-refractivity contribution < 1.29 is 23.5 Å². The summed E-state index contributed by atoms with van der Waals surface area (Å²) in [6.07, 6.45) is 1.61. The third-order valence-electron chi connectivity index (χ3n) is 4.09. The predicted octanol–water partition coefficient (Wildman–Crippen LogP) is 3.28. The topological polar surface area (TPSA) is 54.4 Å². The summed E-state index contributed by atoms with van der Waals surface area (Å²) in [5.74, 6) is -4.60. The van der Waals surface area contributed by atoms with Gasteiger partial charge in [0.25, 0.3) is 0 Å². The van der Waals surface area contributed by atoms with E-state index >= 15 is 0 Å². The molecule has 0 aliphatic heterocycles. The molecule has 1 aromatic rings. The van der Waals surface area contributed by atoms with E-state index in [9.17, 15) is 23.5 Å². The van der Waals surface area contributed by atoms with Gasteiger partial charge in [0.1, 0.15) is 11.6 Å². The van der Waals surface area contributed by atoms with Gasteiger partial charge < -0.3 is 5.11 Å². The first-order valence-electron chi connectivity index (χ1n) is 6.66. The van der Waals surface area contributed by atoms with E-state index < -0.39 is 35.2 Å². The summed E-state index contributed by atoms with van der Waals surface area (Å²) in [5.41, 5.74) is -0.349. The lowest BCUT2D eigenvalue weighted by molar-refractivity contribution is -0.142. The average molecular weight is 282 g/mol. The zero-order valence-corrected chi connectivity index (χ0v) is 11.1. The van der Waals surface area contributed by atoms with Crippen LogP contribution in [0.3, 0.4) is 0 Å². The summed E-state index contributed by atoms with van der Waals surface area (Å²) in [5, 5.41) is 9.20. The quantitative estimate of drug-likeness (QED) is 0.862. The molecule has 3 nitrogen and oxygen atoms in total. The molecule has 3 unspecified atom stereocenters. The van der Waals surface area contributed by atoms with Crippen molar-refractivity contribution in [1.82, 2.24) is 0 Å². The van der Waals surface area contributed by atoms with Crippen LogP contribution >= 0.6 is 0 Å². The minimum Gasteiger partial charge on any atom is -0.481 e. The van der Waals surface area contributed by atoms with Crippen LogP contribution in [0.15, 0.2) is 18.2 Å². The molecular weight excluding hydrogens is 266 g/mol. The number of carboxylic acid groups (broad SMARTS) is 1. The molecule has 1 aromatic carbocycles. The highest BCUT2D eigenvalue weighted by Gasteiger charge is 2.42. The Kier molecular flexibility index (Phi) is 4.16. The van der Waals surface area contributed by atoms with E-state index in [4.69, 9.17) is 0 Å². The Morgan fingerprint density at radius 3 is 2.50 bits per heavy atom. The van der Waals surface area contributed by atoms with E-state index in [1.165, 1.54) is 0 Å². The molecular formula is C15H16F2O3. The van der Waals surface area contributed by atoms with E-state index in [1.807, 2.05) is 6.92 Å². The molecule has 0 spiro atoms. The molecule has 1 aliphatic rings. The highest BCUT2D eigenvalue weighted by atomic mass is 19.1. The van der Waals surface area contributed by atoms with Crippen molar-refractivity contribution in [2.45, 2.75) is 26.2 Å². The molecule has 0 heterocycles. The number of halogens is 2. The van der Waals surface area contributed by atoms with Gasteiger partial charge in [-0.15, -0.1) is 0 Å². The largest absolute Gasteiger partial charge is 0.481 e. The van der Waals surface area contributed by atoms with Gasteiger partial charge in [0.05, 0.1) is 11.5 Å². The molecule has 108 valence electrons. The molecule has 0 bridgehead atoms. The second kappa shape index (κ2) is 5.69. The number of carboxylic acids is 1. The Bertz CT molecular complexity index is 542. The summed E-state index contributed by atoms with van der Waals surface area (Å²) in [6, 6.07) is 2.67. The van der Waals surface area contributed by atoms with Crippen LogP contribution in [0.4, 0.5) is 8.78 Å². The van der Waals surface area contributed by atoms with Crippen molar-refractivity contribution in [3.8, 4) is 0 Å². The van der Waals surface area contributed by atoms with E-state index in [2.05, 4.69) is 0 Å². The van der Waals surface area contributed by atoms with Gasteiger partial charge in [-0.05, 0) is 37.0 Å². The predicted molar refractivity (Wildman–Crippen MR) is 68.3 cm³/mol. The van der Waals surface area contributed by atoms with E-state index in [1.54, 1.807) is 0 Å². The molecule has 1 N–H and O–H groups in total. The maximum atomic E-state index is 13.6. The third kappa shape index (κ3) is 2.71. The lowest BCUT2D eigenvalue weighted by Gasteiger charge is -2.14. The smallest absolute Gasteiger partial charge is 0.307 e. The molecule has 5 heteroatoms. The van der Waals surface area contributed by atoms with Crippen LogP contribution in [0, 0.1) is 29.4 Å². The summed E-state index contributed by atoms with van der Waals surface area (Å²) >= 11 is 0. The summed E-state index contributed by atoms with van der Waals surface area (Å²) in [6.45, 7) is 1.93. The molecule has 1 saturated carbocycles. The van der Waals surface area contributed by atoms with Gasteiger partial charge in [-0.25, -0.2) is 8.78 Å². The van der Waals surface area contributed by atoms with Crippen molar-refractivity contribution in [3.05, 3.63) is 35.4 Å². The van der Waals surface area contributed by atoms with E-state index in [0.717, 1.165) is 24.6 Å². The van der Waals surface area contributed by atoms with Crippen LogP contribution in [-0.4, -0.2) is 16.9 Å². The number of Topliss-reactive ketones (excluding diaryl/α,β-unsaturated/α-hetero) is 1. The Balaban J connectivity index is 2.31. The Morgan fingerprint density at radius 1 is 1.25 bits per heavy atom. The highest BCUT2D eigenvalue weighted by molar-refractivity contribution is 6.00. The summed E-state index contributed by atoms with van der Waals surface area (Å²) in [4.78, 5) is 23.6. The first-order chi connectivity index (χ1) is 9.43. The number of carbonyl (C=O) groups excluding carboxylic acids is 1. The second-order valence-corrected chi connectivity index (χ2v) is 5.29. The van der Waals surface area contributed by atoms with Crippen LogP contribution < -0.4 is 0 Å². The molecule has 0 aromatic heterocycles. The number of ketones is 1. The van der Waals surface area contributed by atoms with Crippen molar-refractivity contribution >= 4 is 11.8 Å². The van der Waals surface area contributed by atoms with Gasteiger partial charge in [0.15, 0.2) is 5.78 Å². The molecule has 1 aliphatic carbocycles. The minimum absolute atomic E-state index is 0.140. The van der Waals surface area contributed by atoms with Crippen molar-refractivity contribution in [1.29, 1.82) is 0 Å². The normalized spacial score (nSPS) is 25.6. The van der Waals surface area contributed by atoms with E-state index in [0.29, 0.717) is 12.8 Å². The van der Waals surface area contributed by atoms with Crippen LogP contribution in [0.1, 0.15) is 36.5 Å². The lowest BCUT2D eigenvalue weighted by Crippen LogP contribution is -2.26. The number of hydrogen-bond acceptors (Lipinski definition) is 2. The number of carbonyl (C=O) groups is 2. The van der Waals surface area contributed by atoms with Crippen molar-refractivity contribution in [2.24, 2.45) is 17.8 Å². The van der Waals surface area contributed by atoms with Gasteiger partial charge in [-0.2, -0.15) is 0 Å². The number of hydrogen-bond donors (Lipinski definition) is 1. The van der Waals surface area contributed by atoms with Gasteiger partial charge in [-0.3, -0.25) is 9.59 Å². The van der Waals surface area contributed by atoms with Crippen LogP contribution in [0.25, 0.3) is 0 Å². The molecule has 0 radical (unpaired) electrons. The zero-order chi connectivity index (χ0) is 14.9. The molecule has 1 fully saturated rings. The standard InChI is InChI=1S/C15H16F2O3/c1-2-8-5-10(11(6-8)15(19)20)14(18)12-7-9(16)3-4-13(12)17/h3-4,7-8,10-11H,2,5-6H2,1H3,(H,19,20). The monoisotopic (exact) mass is 282 g/mol. The molecule has 0 amide bonds. The van der Waals surface area contributed by atoms with Gasteiger partial charge >= 0.3 is 5.97 Å². The maximum absolute atomic E-state index is 13.6. The van der Waals surface area contributed by atoms with E-state index in [-0.39, 0.29) is 11.5 Å². The van der Waals surface area contributed by atoms with Crippen LogP contribution in [-0.2, 0) is 4.79 Å². The second-order valence-electron chi connectivity index (χ2n) is 5.29. The molecule has 3 atom stereocenters. The van der Waals surface area contributed by atoms with Crippen LogP contribution in [0.5, 0.6) is 0 Å². The number of benzene rings is 1. The Labute approximate surface area is 115 Å². The van der Waals surface area contributed by atoms with Crippen molar-refractivity contribution in [3.63, 3.8) is 0 Å². The lowest BCUT2D eigenvalue weighted by atomic mass is 9.88. The Hall–Kier alpha value is -1.78. The fraction of sp³-hybridized carbons (Fsp3) is 0.467. The van der Waals surface area contributed by atoms with Gasteiger partial charge in [0, 0.05) is 5.92 Å². The first-order valence-corrected chi connectivity index (χ1v) is 6.66. The van der Waals surface area contributed by atoms with Gasteiger partial charge in [-0.1, -0.05) is 13.3 Å². The summed E-state index contributed by atoms with van der Waals surface area (Å²) in [7, 11) is 0. The molecule has 20 heavy (non-hydrogen) atoms. The number of rotatable bonds is 4. The minimum atomic E-state index is -1.05. The fourth-order valence-corrected chi connectivity index (χ4v) is 2.93. The fourth-order valence-electron chi connectivity index (χ4n) is 2.93. The summed E-state index contributed by atoms with van der Waals surface area (Å²) < 4.78 is 26.8. The Morgan fingerprint density at radius 2 is 1.90 bits per heavy atom. The third-order valence-corrected chi connectivity index (χ3v) is 4.09. The average Bonchev–Trinajstić information content (AvgIpc) is 2.85. The van der Waals surface area contributed by atoms with Crippen molar-refractivity contribution in [2.75, 3.05) is 0 Å². The van der Waals surface area contributed by atoms with Crippen LogP contribution in [0.2, 0.25) is 0 Å². The zero-order valence-electron chi connectivity index (χ0n) is 11.1. The highest BCUT2D eigenvalue weighted by Crippen LogP contribution is 2.40. The van der Waals surface area contributed by atoms with Gasteiger partial charge in [0.2, 0.25) is 0 Å². The SMILES string of the molecule is CCC1CC(C(=O)O)C(C(=O)c2cc(F)ccc2F)C1.